The number of carbonyl (C=O) groups excluding carboxylic acids is 3. The zero-order chi connectivity index (χ0) is 19.9. The highest BCUT2D eigenvalue weighted by Crippen LogP contribution is 2.30. The minimum Gasteiger partial charge on any atom is -0.478 e. The van der Waals surface area contributed by atoms with Gasteiger partial charge in [-0.25, -0.2) is 4.79 Å². The predicted octanol–water partition coefficient (Wildman–Crippen LogP) is 3.03. The van der Waals surface area contributed by atoms with E-state index in [4.69, 9.17) is 0 Å². The van der Waals surface area contributed by atoms with E-state index in [1.165, 1.54) is 35.2 Å². The summed E-state index contributed by atoms with van der Waals surface area (Å²) >= 11 is 0. The maximum atomic E-state index is 12.6. The first-order valence-electron chi connectivity index (χ1n) is 8.28. The van der Waals surface area contributed by atoms with Gasteiger partial charge < -0.3 is 10.4 Å². The van der Waals surface area contributed by atoms with E-state index in [2.05, 4.69) is 5.32 Å². The van der Waals surface area contributed by atoms with Gasteiger partial charge in [-0.1, -0.05) is 12.1 Å². The molecule has 0 spiro atoms. The molecule has 2 aromatic rings. The molecule has 0 unspecified atom stereocenters. The Balaban J connectivity index is 1.93. The van der Waals surface area contributed by atoms with Gasteiger partial charge in [-0.3, -0.25) is 19.3 Å². The van der Waals surface area contributed by atoms with Gasteiger partial charge in [0.25, 0.3) is 17.7 Å². The van der Waals surface area contributed by atoms with Gasteiger partial charge in [0.1, 0.15) is 0 Å². The number of rotatable bonds is 3. The average molecular weight is 366 g/mol. The molecule has 1 aliphatic heterocycles. The Morgan fingerprint density at radius 1 is 0.963 bits per heavy atom. The summed E-state index contributed by atoms with van der Waals surface area (Å²) in [5.41, 5.74) is -0.0144. The number of carbonyl (C=O) groups is 4. The van der Waals surface area contributed by atoms with Gasteiger partial charge in [0.05, 0.1) is 22.4 Å². The van der Waals surface area contributed by atoms with Crippen molar-refractivity contribution in [2.24, 2.45) is 0 Å². The summed E-state index contributed by atoms with van der Waals surface area (Å²) in [5.74, 6) is -2.59. The maximum Gasteiger partial charge on any atom is 0.337 e. The Hall–Kier alpha value is -3.48. The minimum absolute atomic E-state index is 0.0443. The van der Waals surface area contributed by atoms with E-state index >= 15 is 0 Å². The van der Waals surface area contributed by atoms with Crippen LogP contribution in [0.25, 0.3) is 0 Å². The van der Waals surface area contributed by atoms with Gasteiger partial charge in [-0.05, 0) is 51.1 Å². The summed E-state index contributed by atoms with van der Waals surface area (Å²) in [7, 11) is 0. The number of imide groups is 1. The number of hydrogen-bond donors (Lipinski definition) is 2. The smallest absolute Gasteiger partial charge is 0.337 e. The molecule has 0 aromatic heterocycles. The quantitative estimate of drug-likeness (QED) is 0.813. The molecule has 7 heteroatoms. The lowest BCUT2D eigenvalue weighted by molar-refractivity contribution is 0.0506. The highest BCUT2D eigenvalue weighted by molar-refractivity contribution is 6.22. The monoisotopic (exact) mass is 366 g/mol. The Bertz CT molecular complexity index is 988. The number of nitrogens with zero attached hydrogens (tertiary/aromatic N) is 1. The number of anilines is 1. The Morgan fingerprint density at radius 2 is 1.59 bits per heavy atom. The fraction of sp³-hybridized carbons (Fsp3) is 0.200. The van der Waals surface area contributed by atoms with Gasteiger partial charge in [0.15, 0.2) is 0 Å². The van der Waals surface area contributed by atoms with Crippen molar-refractivity contribution < 1.29 is 24.3 Å². The Morgan fingerprint density at radius 3 is 2.22 bits per heavy atom. The number of carboxylic acids is 1. The van der Waals surface area contributed by atoms with Crippen LogP contribution in [0.3, 0.4) is 0 Å². The summed E-state index contributed by atoms with van der Waals surface area (Å²) in [6, 6.07) is 10.3. The van der Waals surface area contributed by atoms with Crippen LogP contribution in [-0.4, -0.2) is 39.2 Å². The first-order valence-corrected chi connectivity index (χ1v) is 8.28. The van der Waals surface area contributed by atoms with Gasteiger partial charge in [0.2, 0.25) is 0 Å². The van der Waals surface area contributed by atoms with E-state index in [0.29, 0.717) is 0 Å². The molecule has 2 aromatic carbocycles. The molecule has 0 saturated heterocycles. The standard InChI is InChI=1S/C20H18N2O5/c1-20(2,3)22-17(24)12-9-8-11(10-14(12)18(22)25)16(23)21-15-7-5-4-6-13(15)19(26)27/h4-10H,1-3H3,(H,21,23)(H,26,27). The third kappa shape index (κ3) is 3.19. The van der Waals surface area contributed by atoms with Crippen LogP contribution in [-0.2, 0) is 0 Å². The molecule has 2 N–H and O–H groups in total. The van der Waals surface area contributed by atoms with Crippen LogP contribution in [0.5, 0.6) is 0 Å². The first-order chi connectivity index (χ1) is 12.6. The largest absolute Gasteiger partial charge is 0.478 e. The fourth-order valence-corrected chi connectivity index (χ4v) is 2.96. The Labute approximate surface area is 155 Å². The van der Waals surface area contributed by atoms with Gasteiger partial charge in [-0.2, -0.15) is 0 Å². The molecule has 0 atom stereocenters. The molecule has 7 nitrogen and oxygen atoms in total. The summed E-state index contributed by atoms with van der Waals surface area (Å²) in [6.45, 7) is 5.27. The van der Waals surface area contributed by atoms with Crippen molar-refractivity contribution in [2.45, 2.75) is 26.3 Å². The molecular weight excluding hydrogens is 348 g/mol. The highest BCUT2D eigenvalue weighted by Gasteiger charge is 2.42. The van der Waals surface area contributed by atoms with Gasteiger partial charge >= 0.3 is 5.97 Å². The lowest BCUT2D eigenvalue weighted by Crippen LogP contribution is -2.45. The second-order valence-electron chi connectivity index (χ2n) is 7.18. The van der Waals surface area contributed by atoms with Crippen LogP contribution in [0.2, 0.25) is 0 Å². The van der Waals surface area contributed by atoms with Crippen LogP contribution in [0.1, 0.15) is 62.2 Å². The Kier molecular flexibility index (Phi) is 4.31. The van der Waals surface area contributed by atoms with Crippen molar-refractivity contribution in [3.63, 3.8) is 0 Å². The van der Waals surface area contributed by atoms with E-state index in [9.17, 15) is 24.3 Å². The number of fused-ring (bicyclic) bond motifs is 1. The van der Waals surface area contributed by atoms with Crippen molar-refractivity contribution in [1.29, 1.82) is 0 Å². The summed E-state index contributed by atoms with van der Waals surface area (Å²) in [4.78, 5) is 50.1. The van der Waals surface area contributed by atoms with Gasteiger partial charge in [0, 0.05) is 11.1 Å². The van der Waals surface area contributed by atoms with E-state index in [1.54, 1.807) is 32.9 Å². The lowest BCUT2D eigenvalue weighted by Gasteiger charge is -2.29. The molecule has 3 amide bonds. The summed E-state index contributed by atoms with van der Waals surface area (Å²) < 4.78 is 0. The van der Waals surface area contributed by atoms with E-state index in [0.717, 1.165) is 0 Å². The second kappa shape index (κ2) is 6.35. The summed E-state index contributed by atoms with van der Waals surface area (Å²) in [5, 5.41) is 11.7. The molecule has 138 valence electrons. The van der Waals surface area contributed by atoms with Crippen molar-refractivity contribution >= 4 is 29.4 Å². The molecule has 27 heavy (non-hydrogen) atoms. The third-order valence-electron chi connectivity index (χ3n) is 4.23. The van der Waals surface area contributed by atoms with Crippen LogP contribution in [0.15, 0.2) is 42.5 Å². The number of nitrogens with one attached hydrogen (secondary N) is 1. The zero-order valence-electron chi connectivity index (χ0n) is 15.1. The molecule has 3 rings (SSSR count). The molecule has 1 aliphatic rings. The first kappa shape index (κ1) is 18.3. The molecule has 0 fully saturated rings. The SMILES string of the molecule is CC(C)(C)N1C(=O)c2ccc(C(=O)Nc3ccccc3C(=O)O)cc2C1=O. The van der Waals surface area contributed by atoms with Crippen LogP contribution in [0.4, 0.5) is 5.69 Å². The topological polar surface area (TPSA) is 104 Å². The molecule has 0 bridgehead atoms. The van der Waals surface area contributed by atoms with E-state index in [-0.39, 0.29) is 27.9 Å². The number of benzene rings is 2. The van der Waals surface area contributed by atoms with E-state index < -0.39 is 29.2 Å². The van der Waals surface area contributed by atoms with Crippen molar-refractivity contribution in [3.8, 4) is 0 Å². The number of hydrogen-bond acceptors (Lipinski definition) is 4. The van der Waals surface area contributed by atoms with Crippen LogP contribution < -0.4 is 5.32 Å². The zero-order valence-corrected chi connectivity index (χ0v) is 15.1. The van der Waals surface area contributed by atoms with Gasteiger partial charge in [-0.15, -0.1) is 0 Å². The molecule has 0 aliphatic carbocycles. The van der Waals surface area contributed by atoms with Crippen molar-refractivity contribution in [2.75, 3.05) is 5.32 Å². The molecule has 0 radical (unpaired) electrons. The number of para-hydroxylation sites is 1. The minimum atomic E-state index is -1.17. The average Bonchev–Trinajstić information content (AvgIpc) is 2.85. The molecular formula is C20H18N2O5. The fourth-order valence-electron chi connectivity index (χ4n) is 2.96. The number of amides is 3. The summed E-state index contributed by atoms with van der Waals surface area (Å²) in [6.07, 6.45) is 0. The lowest BCUT2D eigenvalue weighted by atomic mass is 10.0. The number of aromatic carboxylic acids is 1. The third-order valence-corrected chi connectivity index (χ3v) is 4.23. The number of carboxylic acid groups (broad SMARTS) is 1. The predicted molar refractivity (Wildman–Crippen MR) is 98.0 cm³/mol. The maximum absolute atomic E-state index is 12.6. The van der Waals surface area contributed by atoms with Crippen LogP contribution >= 0.6 is 0 Å². The molecule has 0 saturated carbocycles. The second-order valence-corrected chi connectivity index (χ2v) is 7.18. The van der Waals surface area contributed by atoms with Crippen LogP contribution in [0, 0.1) is 0 Å². The van der Waals surface area contributed by atoms with Crippen molar-refractivity contribution in [1.82, 2.24) is 4.90 Å². The van der Waals surface area contributed by atoms with Crippen molar-refractivity contribution in [3.05, 3.63) is 64.7 Å². The highest BCUT2D eigenvalue weighted by atomic mass is 16.4. The molecule has 1 heterocycles. The van der Waals surface area contributed by atoms with E-state index in [1.807, 2.05) is 0 Å². The normalized spacial score (nSPS) is 13.5.